The number of nitrogens with one attached hydrogen (secondary N) is 1. The Morgan fingerprint density at radius 2 is 2.50 bits per heavy atom. The van der Waals surface area contributed by atoms with E-state index in [1.807, 2.05) is 6.20 Å². The van der Waals surface area contributed by atoms with Crippen molar-refractivity contribution in [2.75, 3.05) is 33.3 Å². The Balaban J connectivity index is 1.59. The fraction of sp³-hybridized carbons (Fsp3) is 0.533. The summed E-state index contributed by atoms with van der Waals surface area (Å²) in [6.07, 6.45) is 2.26. The molecule has 2 aromatic heterocycles. The molecule has 3 rings (SSSR count). The molecular formula is C15H21N3OS. The van der Waals surface area contributed by atoms with Gasteiger partial charge in [-0.15, -0.1) is 11.3 Å². The fourth-order valence-electron chi connectivity index (χ4n) is 2.51. The zero-order valence-electron chi connectivity index (χ0n) is 12.0. The van der Waals surface area contributed by atoms with Gasteiger partial charge in [0.05, 0.1) is 22.9 Å². The minimum Gasteiger partial charge on any atom is -0.374 e. The van der Waals surface area contributed by atoms with Gasteiger partial charge in [0.25, 0.3) is 0 Å². The number of fused-ring (bicyclic) bond motifs is 1. The molecular weight excluding hydrogens is 270 g/mol. The first kappa shape index (κ1) is 13.9. The van der Waals surface area contributed by atoms with Crippen molar-refractivity contribution < 1.29 is 4.74 Å². The molecule has 5 heteroatoms. The van der Waals surface area contributed by atoms with E-state index in [2.05, 4.69) is 46.7 Å². The van der Waals surface area contributed by atoms with Crippen molar-refractivity contribution in [3.05, 3.63) is 29.3 Å². The van der Waals surface area contributed by atoms with Crippen LogP contribution in [-0.2, 0) is 4.74 Å². The van der Waals surface area contributed by atoms with Crippen LogP contribution >= 0.6 is 11.3 Å². The second-order valence-electron chi connectivity index (χ2n) is 5.46. The van der Waals surface area contributed by atoms with E-state index >= 15 is 0 Å². The largest absolute Gasteiger partial charge is 0.374 e. The lowest BCUT2D eigenvalue weighted by molar-refractivity contribution is -0.0190. The molecule has 0 bridgehead atoms. The van der Waals surface area contributed by atoms with E-state index in [9.17, 15) is 0 Å². The summed E-state index contributed by atoms with van der Waals surface area (Å²) in [5.41, 5.74) is 2.33. The van der Waals surface area contributed by atoms with E-state index in [1.165, 1.54) is 10.3 Å². The maximum absolute atomic E-state index is 5.77. The summed E-state index contributed by atoms with van der Waals surface area (Å²) in [5, 5.41) is 5.65. The Bertz CT molecular complexity index is 571. The predicted molar refractivity (Wildman–Crippen MR) is 83.3 cm³/mol. The van der Waals surface area contributed by atoms with Crippen LogP contribution in [0, 0.1) is 0 Å². The predicted octanol–water partition coefficient (Wildman–Crippen LogP) is 2.28. The Hall–Kier alpha value is -1.01. The van der Waals surface area contributed by atoms with E-state index < -0.39 is 0 Å². The third kappa shape index (κ3) is 3.17. The fourth-order valence-corrected chi connectivity index (χ4v) is 3.30. The van der Waals surface area contributed by atoms with Gasteiger partial charge in [-0.05, 0) is 37.0 Å². The van der Waals surface area contributed by atoms with Crippen LogP contribution in [0.25, 0.3) is 10.2 Å². The van der Waals surface area contributed by atoms with Gasteiger partial charge in [-0.3, -0.25) is 4.98 Å². The number of thiophene rings is 1. The number of likely N-dealkylation sites (N-methyl/N-ethyl adjacent to an activating group) is 1. The lowest BCUT2D eigenvalue weighted by Crippen LogP contribution is -2.45. The van der Waals surface area contributed by atoms with Crippen LogP contribution in [0.3, 0.4) is 0 Å². The van der Waals surface area contributed by atoms with E-state index in [1.54, 1.807) is 11.3 Å². The van der Waals surface area contributed by atoms with Crippen molar-refractivity contribution in [3.8, 4) is 0 Å². The highest BCUT2D eigenvalue weighted by Crippen LogP contribution is 2.22. The molecule has 108 valence electrons. The molecule has 1 saturated heterocycles. The summed E-state index contributed by atoms with van der Waals surface area (Å²) in [5.74, 6) is 0. The smallest absolute Gasteiger partial charge is 0.0826 e. The Labute approximate surface area is 123 Å². The molecule has 2 aromatic rings. The van der Waals surface area contributed by atoms with E-state index in [0.29, 0.717) is 6.04 Å². The van der Waals surface area contributed by atoms with Crippen molar-refractivity contribution in [3.63, 3.8) is 0 Å². The number of morpholine rings is 1. The van der Waals surface area contributed by atoms with Crippen LogP contribution in [0.2, 0.25) is 0 Å². The van der Waals surface area contributed by atoms with Crippen LogP contribution in [0.4, 0.5) is 0 Å². The highest BCUT2D eigenvalue weighted by molar-refractivity contribution is 7.17. The minimum absolute atomic E-state index is 0.287. The van der Waals surface area contributed by atoms with Gasteiger partial charge in [0, 0.05) is 31.9 Å². The second-order valence-corrected chi connectivity index (χ2v) is 6.41. The number of ether oxygens (including phenoxy) is 1. The van der Waals surface area contributed by atoms with Crippen LogP contribution in [0.5, 0.6) is 0 Å². The Kier molecular flexibility index (Phi) is 4.31. The molecule has 1 N–H and O–H groups in total. The first-order valence-corrected chi connectivity index (χ1v) is 7.97. The molecule has 1 aliphatic heterocycles. The van der Waals surface area contributed by atoms with Crippen LogP contribution < -0.4 is 5.32 Å². The zero-order chi connectivity index (χ0) is 13.9. The van der Waals surface area contributed by atoms with Gasteiger partial charge in [0.1, 0.15) is 0 Å². The molecule has 0 amide bonds. The summed E-state index contributed by atoms with van der Waals surface area (Å²) in [6.45, 7) is 5.93. The maximum Gasteiger partial charge on any atom is 0.0826 e. The normalized spacial score (nSPS) is 22.2. The lowest BCUT2D eigenvalue weighted by Gasteiger charge is -2.31. The lowest BCUT2D eigenvalue weighted by atomic mass is 10.1. The zero-order valence-corrected chi connectivity index (χ0v) is 12.8. The third-order valence-corrected chi connectivity index (χ3v) is 4.67. The van der Waals surface area contributed by atoms with Crippen LogP contribution in [0.1, 0.15) is 18.5 Å². The van der Waals surface area contributed by atoms with E-state index in [0.717, 1.165) is 31.8 Å². The van der Waals surface area contributed by atoms with Crippen molar-refractivity contribution in [2.24, 2.45) is 0 Å². The molecule has 0 spiro atoms. The van der Waals surface area contributed by atoms with Gasteiger partial charge in [0.2, 0.25) is 0 Å². The summed E-state index contributed by atoms with van der Waals surface area (Å²) in [7, 11) is 2.15. The topological polar surface area (TPSA) is 37.4 Å². The summed E-state index contributed by atoms with van der Waals surface area (Å²) in [6, 6.07) is 4.59. The molecule has 1 aliphatic rings. The van der Waals surface area contributed by atoms with Crippen molar-refractivity contribution in [2.45, 2.75) is 19.1 Å². The highest BCUT2D eigenvalue weighted by atomic mass is 32.1. The molecule has 1 fully saturated rings. The molecule has 2 unspecified atom stereocenters. The number of pyridine rings is 1. The monoisotopic (exact) mass is 291 g/mol. The number of hydrogen-bond donors (Lipinski definition) is 1. The van der Waals surface area contributed by atoms with Crippen LogP contribution in [0.15, 0.2) is 23.7 Å². The summed E-state index contributed by atoms with van der Waals surface area (Å²) < 4.78 is 7.03. The maximum atomic E-state index is 5.77. The number of aromatic nitrogens is 1. The quantitative estimate of drug-likeness (QED) is 0.938. The van der Waals surface area contributed by atoms with Gasteiger partial charge in [-0.1, -0.05) is 0 Å². The number of hydrogen-bond acceptors (Lipinski definition) is 5. The molecule has 0 saturated carbocycles. The van der Waals surface area contributed by atoms with Gasteiger partial charge in [0.15, 0.2) is 0 Å². The van der Waals surface area contributed by atoms with E-state index in [-0.39, 0.29) is 6.10 Å². The SMILES string of the molecule is CC(NCC1CN(C)CCO1)c1cnc2ccsc2c1. The molecule has 2 atom stereocenters. The highest BCUT2D eigenvalue weighted by Gasteiger charge is 2.18. The second kappa shape index (κ2) is 6.18. The third-order valence-electron chi connectivity index (χ3n) is 3.82. The average Bonchev–Trinajstić information content (AvgIpc) is 2.92. The first-order chi connectivity index (χ1) is 9.72. The van der Waals surface area contributed by atoms with Crippen LogP contribution in [-0.4, -0.2) is 49.3 Å². The Morgan fingerprint density at radius 3 is 3.35 bits per heavy atom. The molecule has 20 heavy (non-hydrogen) atoms. The van der Waals surface area contributed by atoms with Gasteiger partial charge in [-0.25, -0.2) is 0 Å². The van der Waals surface area contributed by atoms with E-state index in [4.69, 9.17) is 4.74 Å². The summed E-state index contributed by atoms with van der Waals surface area (Å²) >= 11 is 1.74. The minimum atomic E-state index is 0.287. The summed E-state index contributed by atoms with van der Waals surface area (Å²) in [4.78, 5) is 6.82. The van der Waals surface area contributed by atoms with Crippen molar-refractivity contribution >= 4 is 21.6 Å². The molecule has 0 aliphatic carbocycles. The molecule has 0 radical (unpaired) electrons. The van der Waals surface area contributed by atoms with Gasteiger partial charge >= 0.3 is 0 Å². The molecule has 3 heterocycles. The Morgan fingerprint density at radius 1 is 1.60 bits per heavy atom. The number of nitrogens with zero attached hydrogens (tertiary/aromatic N) is 2. The van der Waals surface area contributed by atoms with Gasteiger partial charge in [-0.2, -0.15) is 0 Å². The first-order valence-electron chi connectivity index (χ1n) is 7.09. The molecule has 0 aromatic carbocycles. The molecule has 4 nitrogen and oxygen atoms in total. The van der Waals surface area contributed by atoms with Gasteiger partial charge < -0.3 is 15.0 Å². The van der Waals surface area contributed by atoms with Crippen molar-refractivity contribution in [1.82, 2.24) is 15.2 Å². The standard InChI is InChI=1S/C15H21N3OS/c1-11(16-9-13-10-18(2)4-5-19-13)12-7-15-14(17-8-12)3-6-20-15/h3,6-8,11,13,16H,4-5,9-10H2,1-2H3. The average molecular weight is 291 g/mol. The number of rotatable bonds is 4. The van der Waals surface area contributed by atoms with Crippen molar-refractivity contribution in [1.29, 1.82) is 0 Å².